The molecule has 2 aromatic carbocycles. The Balaban J connectivity index is 1.74. The number of para-hydroxylation sites is 1. The van der Waals surface area contributed by atoms with Gasteiger partial charge in [-0.2, -0.15) is 0 Å². The molecule has 0 radical (unpaired) electrons. The average molecular weight is 352 g/mol. The SMILES string of the molecule is Cn1cc(/C=C2/NC(=O)N(c3ccc(Cl)cc3)C2=O)c2ccccc21. The van der Waals surface area contributed by atoms with Crippen molar-refractivity contribution < 1.29 is 9.59 Å². The first-order chi connectivity index (χ1) is 12.0. The van der Waals surface area contributed by atoms with Gasteiger partial charge in [-0.3, -0.25) is 4.79 Å². The summed E-state index contributed by atoms with van der Waals surface area (Å²) >= 11 is 5.87. The highest BCUT2D eigenvalue weighted by Crippen LogP contribution is 2.26. The van der Waals surface area contributed by atoms with Gasteiger partial charge in [0.25, 0.3) is 5.91 Å². The van der Waals surface area contributed by atoms with Crippen molar-refractivity contribution in [3.05, 3.63) is 71.0 Å². The number of anilines is 1. The van der Waals surface area contributed by atoms with Gasteiger partial charge in [-0.1, -0.05) is 29.8 Å². The summed E-state index contributed by atoms with van der Waals surface area (Å²) in [5.74, 6) is -0.389. The third-order valence-electron chi connectivity index (χ3n) is 4.19. The Bertz CT molecular complexity index is 1030. The highest BCUT2D eigenvalue weighted by atomic mass is 35.5. The Labute approximate surface area is 149 Å². The molecule has 2 heterocycles. The summed E-state index contributed by atoms with van der Waals surface area (Å²) in [6.07, 6.45) is 3.64. The highest BCUT2D eigenvalue weighted by molar-refractivity contribution is 6.31. The van der Waals surface area contributed by atoms with Gasteiger partial charge in [0.1, 0.15) is 5.70 Å². The van der Waals surface area contributed by atoms with Crippen molar-refractivity contribution in [2.45, 2.75) is 0 Å². The van der Waals surface area contributed by atoms with E-state index in [1.54, 1.807) is 30.3 Å². The van der Waals surface area contributed by atoms with Crippen molar-refractivity contribution in [2.75, 3.05) is 4.90 Å². The van der Waals surface area contributed by atoms with Gasteiger partial charge in [-0.25, -0.2) is 9.69 Å². The van der Waals surface area contributed by atoms with Crippen molar-refractivity contribution in [1.82, 2.24) is 9.88 Å². The zero-order valence-corrected chi connectivity index (χ0v) is 14.1. The lowest BCUT2D eigenvalue weighted by Gasteiger charge is -2.11. The topological polar surface area (TPSA) is 54.3 Å². The monoisotopic (exact) mass is 351 g/mol. The second kappa shape index (κ2) is 5.79. The maximum absolute atomic E-state index is 12.7. The second-order valence-corrected chi connectivity index (χ2v) is 6.25. The number of fused-ring (bicyclic) bond motifs is 1. The third-order valence-corrected chi connectivity index (χ3v) is 4.44. The predicted molar refractivity (Wildman–Crippen MR) is 98.4 cm³/mol. The summed E-state index contributed by atoms with van der Waals surface area (Å²) < 4.78 is 1.99. The Morgan fingerprint density at radius 3 is 2.52 bits per heavy atom. The number of imide groups is 1. The number of hydrogen-bond acceptors (Lipinski definition) is 2. The average Bonchev–Trinajstić information content (AvgIpc) is 3.06. The van der Waals surface area contributed by atoms with Crippen LogP contribution in [0.15, 0.2) is 60.4 Å². The number of halogens is 1. The number of benzene rings is 2. The van der Waals surface area contributed by atoms with E-state index in [1.807, 2.05) is 42.1 Å². The summed E-state index contributed by atoms with van der Waals surface area (Å²) in [6, 6.07) is 14.0. The highest BCUT2D eigenvalue weighted by Gasteiger charge is 2.34. The molecule has 0 bridgehead atoms. The van der Waals surface area contributed by atoms with Gasteiger partial charge in [0.2, 0.25) is 0 Å². The molecule has 4 rings (SSSR count). The Hall–Kier alpha value is -3.05. The minimum absolute atomic E-state index is 0.247. The first-order valence-electron chi connectivity index (χ1n) is 7.71. The number of aryl methyl sites for hydroxylation is 1. The summed E-state index contributed by atoms with van der Waals surface area (Å²) in [5, 5.41) is 4.21. The summed E-state index contributed by atoms with van der Waals surface area (Å²) in [6.45, 7) is 0. The van der Waals surface area contributed by atoms with Crippen molar-refractivity contribution >= 4 is 46.2 Å². The van der Waals surface area contributed by atoms with E-state index < -0.39 is 6.03 Å². The van der Waals surface area contributed by atoms with E-state index in [9.17, 15) is 9.59 Å². The lowest BCUT2D eigenvalue weighted by molar-refractivity contribution is -0.113. The quantitative estimate of drug-likeness (QED) is 0.562. The van der Waals surface area contributed by atoms with Crippen LogP contribution in [0.5, 0.6) is 0 Å². The van der Waals surface area contributed by atoms with Crippen molar-refractivity contribution in [3.8, 4) is 0 Å². The number of nitrogens with zero attached hydrogens (tertiary/aromatic N) is 2. The zero-order valence-electron chi connectivity index (χ0n) is 13.4. The lowest BCUT2D eigenvalue weighted by atomic mass is 10.1. The fraction of sp³-hybridized carbons (Fsp3) is 0.0526. The molecule has 124 valence electrons. The van der Waals surface area contributed by atoms with E-state index in [4.69, 9.17) is 11.6 Å². The molecule has 3 amide bonds. The number of urea groups is 1. The maximum Gasteiger partial charge on any atom is 0.333 e. The number of rotatable bonds is 2. The summed E-state index contributed by atoms with van der Waals surface area (Å²) in [5.41, 5.74) is 2.66. The molecule has 1 aromatic heterocycles. The van der Waals surface area contributed by atoms with Crippen LogP contribution < -0.4 is 10.2 Å². The molecule has 5 nitrogen and oxygen atoms in total. The molecular weight excluding hydrogens is 338 g/mol. The molecule has 6 heteroatoms. The van der Waals surface area contributed by atoms with Crippen molar-refractivity contribution in [2.24, 2.45) is 7.05 Å². The van der Waals surface area contributed by atoms with Crippen LogP contribution in [0.1, 0.15) is 5.56 Å². The number of nitrogens with one attached hydrogen (secondary N) is 1. The molecule has 1 saturated heterocycles. The molecule has 1 fully saturated rings. The number of carbonyl (C=O) groups excluding carboxylic acids is 2. The molecule has 3 aromatic rings. The van der Waals surface area contributed by atoms with E-state index >= 15 is 0 Å². The van der Waals surface area contributed by atoms with Crippen molar-refractivity contribution in [3.63, 3.8) is 0 Å². The molecule has 1 aliphatic heterocycles. The van der Waals surface area contributed by atoms with Gasteiger partial charge in [0.15, 0.2) is 0 Å². The van der Waals surface area contributed by atoms with E-state index in [0.29, 0.717) is 10.7 Å². The largest absolute Gasteiger partial charge is 0.350 e. The summed E-state index contributed by atoms with van der Waals surface area (Å²) in [7, 11) is 1.94. The van der Waals surface area contributed by atoms with Crippen LogP contribution in [0.4, 0.5) is 10.5 Å². The molecule has 0 unspecified atom stereocenters. The normalized spacial score (nSPS) is 16.1. The predicted octanol–water partition coefficient (Wildman–Crippen LogP) is 3.93. The van der Waals surface area contributed by atoms with Gasteiger partial charge < -0.3 is 9.88 Å². The minimum atomic E-state index is -0.473. The van der Waals surface area contributed by atoms with Crippen LogP contribution in [-0.4, -0.2) is 16.5 Å². The fourth-order valence-corrected chi connectivity index (χ4v) is 3.13. The number of carbonyl (C=O) groups is 2. The molecule has 1 aliphatic rings. The number of aromatic nitrogens is 1. The van der Waals surface area contributed by atoms with Gasteiger partial charge in [0.05, 0.1) is 5.69 Å². The second-order valence-electron chi connectivity index (χ2n) is 5.82. The van der Waals surface area contributed by atoms with E-state index in [2.05, 4.69) is 5.32 Å². The van der Waals surface area contributed by atoms with Crippen molar-refractivity contribution in [1.29, 1.82) is 0 Å². The van der Waals surface area contributed by atoms with E-state index in [-0.39, 0.29) is 11.6 Å². The van der Waals surface area contributed by atoms with Crippen LogP contribution in [0, 0.1) is 0 Å². The molecule has 0 aliphatic carbocycles. The molecule has 0 atom stereocenters. The fourth-order valence-electron chi connectivity index (χ4n) is 3.00. The maximum atomic E-state index is 12.7. The number of amides is 3. The van der Waals surface area contributed by atoms with Crippen LogP contribution >= 0.6 is 11.6 Å². The smallest absolute Gasteiger partial charge is 0.333 e. The van der Waals surface area contributed by atoms with E-state index in [0.717, 1.165) is 21.4 Å². The van der Waals surface area contributed by atoms with Gasteiger partial charge in [0, 0.05) is 34.7 Å². The lowest BCUT2D eigenvalue weighted by Crippen LogP contribution is -2.30. The standard InChI is InChI=1S/C19H14ClN3O2/c1-22-11-12(15-4-2-3-5-17(15)22)10-16-18(24)23(19(25)21-16)14-8-6-13(20)7-9-14/h2-11H,1H3,(H,21,25)/b16-10+. The van der Waals surface area contributed by atoms with Crippen LogP contribution in [0.2, 0.25) is 5.02 Å². The summed E-state index contributed by atoms with van der Waals surface area (Å²) in [4.78, 5) is 26.0. The minimum Gasteiger partial charge on any atom is -0.350 e. The van der Waals surface area contributed by atoms with Crippen LogP contribution in [-0.2, 0) is 11.8 Å². The molecule has 0 saturated carbocycles. The van der Waals surface area contributed by atoms with Gasteiger partial charge in [-0.05, 0) is 36.4 Å². The first-order valence-corrected chi connectivity index (χ1v) is 8.09. The first kappa shape index (κ1) is 15.5. The Kier molecular flexibility index (Phi) is 3.58. The molecule has 25 heavy (non-hydrogen) atoms. The molecule has 1 N–H and O–H groups in total. The molecular formula is C19H14ClN3O2. The third kappa shape index (κ3) is 2.58. The van der Waals surface area contributed by atoms with Crippen LogP contribution in [0.25, 0.3) is 17.0 Å². The zero-order chi connectivity index (χ0) is 17.6. The van der Waals surface area contributed by atoms with Gasteiger partial charge >= 0.3 is 6.03 Å². The number of hydrogen-bond donors (Lipinski definition) is 1. The van der Waals surface area contributed by atoms with Crippen LogP contribution in [0.3, 0.4) is 0 Å². The Morgan fingerprint density at radius 1 is 1.04 bits per heavy atom. The van der Waals surface area contributed by atoms with Gasteiger partial charge in [-0.15, -0.1) is 0 Å². The Morgan fingerprint density at radius 2 is 1.76 bits per heavy atom. The molecule has 0 spiro atoms. The van der Waals surface area contributed by atoms with E-state index in [1.165, 1.54) is 0 Å².